The lowest BCUT2D eigenvalue weighted by molar-refractivity contribution is 0.207. The lowest BCUT2D eigenvalue weighted by Gasteiger charge is -2.20. The van der Waals surface area contributed by atoms with Gasteiger partial charge in [0.1, 0.15) is 5.75 Å². The highest BCUT2D eigenvalue weighted by Gasteiger charge is 2.28. The SMILES string of the molecule is CN=C(NCCS(=O)(=O)C(C)(C)C)NCc1ccc(C)cc1OC1CCCC1.I. The van der Waals surface area contributed by atoms with E-state index in [0.29, 0.717) is 25.2 Å². The molecule has 166 valence electrons. The highest BCUT2D eigenvalue weighted by atomic mass is 127. The molecule has 8 heteroatoms. The molecule has 1 fully saturated rings. The Morgan fingerprint density at radius 3 is 2.45 bits per heavy atom. The fourth-order valence-electron chi connectivity index (χ4n) is 3.11. The Hall–Kier alpha value is -1.03. The van der Waals surface area contributed by atoms with E-state index in [9.17, 15) is 8.42 Å². The van der Waals surface area contributed by atoms with Crippen molar-refractivity contribution in [3.63, 3.8) is 0 Å². The summed E-state index contributed by atoms with van der Waals surface area (Å²) in [5, 5.41) is 6.35. The summed E-state index contributed by atoms with van der Waals surface area (Å²) in [5.74, 6) is 1.57. The van der Waals surface area contributed by atoms with Crippen molar-refractivity contribution in [2.24, 2.45) is 4.99 Å². The summed E-state index contributed by atoms with van der Waals surface area (Å²) < 4.78 is 29.9. The molecule has 0 heterocycles. The van der Waals surface area contributed by atoms with Crippen molar-refractivity contribution in [2.75, 3.05) is 19.3 Å². The van der Waals surface area contributed by atoms with E-state index in [1.165, 1.54) is 18.4 Å². The summed E-state index contributed by atoms with van der Waals surface area (Å²) in [6, 6.07) is 6.23. The van der Waals surface area contributed by atoms with Crippen molar-refractivity contribution >= 4 is 39.8 Å². The normalized spacial score (nSPS) is 15.7. The zero-order chi connectivity index (χ0) is 20.8. The number of guanidine groups is 1. The van der Waals surface area contributed by atoms with Gasteiger partial charge in [-0.15, -0.1) is 24.0 Å². The first-order chi connectivity index (χ1) is 13.1. The lowest BCUT2D eigenvalue weighted by Crippen LogP contribution is -2.41. The Balaban J connectivity index is 0.00000420. The summed E-state index contributed by atoms with van der Waals surface area (Å²) in [6.45, 7) is 8.11. The zero-order valence-corrected chi connectivity index (χ0v) is 21.4. The average Bonchev–Trinajstić information content (AvgIpc) is 3.11. The van der Waals surface area contributed by atoms with Crippen LogP contribution in [0.3, 0.4) is 0 Å². The summed E-state index contributed by atoms with van der Waals surface area (Å²) >= 11 is 0. The summed E-state index contributed by atoms with van der Waals surface area (Å²) in [4.78, 5) is 4.19. The first kappa shape index (κ1) is 26.0. The predicted molar refractivity (Wildman–Crippen MR) is 131 cm³/mol. The highest BCUT2D eigenvalue weighted by molar-refractivity contribution is 14.0. The molecule has 0 aromatic heterocycles. The molecule has 6 nitrogen and oxygen atoms in total. The second-order valence-corrected chi connectivity index (χ2v) is 11.3. The molecule has 2 N–H and O–H groups in total. The maximum Gasteiger partial charge on any atom is 0.191 e. The smallest absolute Gasteiger partial charge is 0.191 e. The molecule has 2 rings (SSSR count). The van der Waals surface area contributed by atoms with Gasteiger partial charge in [-0.05, 0) is 65.0 Å². The first-order valence-electron chi connectivity index (χ1n) is 10.1. The van der Waals surface area contributed by atoms with Crippen LogP contribution in [0.4, 0.5) is 0 Å². The Bertz CT molecular complexity index is 783. The van der Waals surface area contributed by atoms with Crippen LogP contribution < -0.4 is 15.4 Å². The Morgan fingerprint density at radius 1 is 1.21 bits per heavy atom. The molecule has 1 saturated carbocycles. The van der Waals surface area contributed by atoms with Gasteiger partial charge in [0, 0.05) is 25.7 Å². The minimum Gasteiger partial charge on any atom is -0.490 e. The van der Waals surface area contributed by atoms with E-state index in [2.05, 4.69) is 40.7 Å². The second kappa shape index (κ2) is 11.4. The van der Waals surface area contributed by atoms with E-state index in [-0.39, 0.29) is 29.7 Å². The molecule has 0 amide bonds. The van der Waals surface area contributed by atoms with Crippen molar-refractivity contribution in [3.8, 4) is 5.75 Å². The minimum atomic E-state index is -3.16. The van der Waals surface area contributed by atoms with Crippen LogP contribution in [-0.4, -0.2) is 44.6 Å². The van der Waals surface area contributed by atoms with E-state index in [0.717, 1.165) is 24.2 Å². The van der Waals surface area contributed by atoms with Crippen LogP contribution in [0.5, 0.6) is 5.75 Å². The van der Waals surface area contributed by atoms with E-state index >= 15 is 0 Å². The molecular formula is C21H36IN3O3S. The van der Waals surface area contributed by atoms with E-state index in [4.69, 9.17) is 4.74 Å². The molecule has 1 aliphatic rings. The van der Waals surface area contributed by atoms with Crippen LogP contribution in [-0.2, 0) is 16.4 Å². The summed E-state index contributed by atoms with van der Waals surface area (Å²) in [7, 11) is -1.48. The Kier molecular flexibility index (Phi) is 10.2. The molecule has 0 saturated heterocycles. The number of sulfone groups is 1. The fraction of sp³-hybridized carbons (Fsp3) is 0.667. The van der Waals surface area contributed by atoms with Gasteiger partial charge in [-0.3, -0.25) is 4.99 Å². The van der Waals surface area contributed by atoms with Gasteiger partial charge in [0.2, 0.25) is 0 Å². The molecule has 0 unspecified atom stereocenters. The summed E-state index contributed by atoms with van der Waals surface area (Å²) in [5.41, 5.74) is 2.24. The number of aryl methyl sites for hydroxylation is 1. The molecule has 0 spiro atoms. The number of nitrogens with one attached hydrogen (secondary N) is 2. The van der Waals surface area contributed by atoms with Gasteiger partial charge < -0.3 is 15.4 Å². The number of ether oxygens (including phenoxy) is 1. The maximum atomic E-state index is 12.2. The topological polar surface area (TPSA) is 79.8 Å². The molecule has 0 radical (unpaired) electrons. The van der Waals surface area contributed by atoms with Crippen LogP contribution in [0, 0.1) is 6.92 Å². The minimum absolute atomic E-state index is 0. The third kappa shape index (κ3) is 7.96. The predicted octanol–water partition coefficient (Wildman–Crippen LogP) is 3.81. The van der Waals surface area contributed by atoms with Gasteiger partial charge in [0.05, 0.1) is 16.6 Å². The Morgan fingerprint density at radius 2 is 1.86 bits per heavy atom. The summed E-state index contributed by atoms with van der Waals surface area (Å²) in [6.07, 6.45) is 5.01. The molecule has 0 atom stereocenters. The quantitative estimate of drug-likeness (QED) is 0.314. The van der Waals surface area contributed by atoms with Gasteiger partial charge in [0.25, 0.3) is 0 Å². The fourth-order valence-corrected chi connectivity index (χ4v) is 4.10. The number of hydrogen-bond acceptors (Lipinski definition) is 4. The third-order valence-corrected chi connectivity index (χ3v) is 7.69. The first-order valence-corrected chi connectivity index (χ1v) is 11.7. The number of benzene rings is 1. The highest BCUT2D eigenvalue weighted by Crippen LogP contribution is 2.27. The van der Waals surface area contributed by atoms with Gasteiger partial charge >= 0.3 is 0 Å². The largest absolute Gasteiger partial charge is 0.490 e. The average molecular weight is 538 g/mol. The van der Waals surface area contributed by atoms with Crippen molar-refractivity contribution in [3.05, 3.63) is 29.3 Å². The molecule has 0 aliphatic heterocycles. The van der Waals surface area contributed by atoms with Gasteiger partial charge in [-0.25, -0.2) is 8.42 Å². The number of hydrogen-bond donors (Lipinski definition) is 2. The van der Waals surface area contributed by atoms with Crippen molar-refractivity contribution in [2.45, 2.75) is 70.8 Å². The number of aliphatic imine (C=N–C) groups is 1. The zero-order valence-electron chi connectivity index (χ0n) is 18.2. The van der Waals surface area contributed by atoms with Crippen molar-refractivity contribution < 1.29 is 13.2 Å². The number of halogens is 1. The van der Waals surface area contributed by atoms with Gasteiger partial charge in [-0.1, -0.05) is 12.1 Å². The maximum absolute atomic E-state index is 12.2. The van der Waals surface area contributed by atoms with Crippen LogP contribution in [0.2, 0.25) is 0 Å². The lowest BCUT2D eigenvalue weighted by atomic mass is 10.1. The second-order valence-electron chi connectivity index (χ2n) is 8.42. The standard InChI is InChI=1S/C21H35N3O3S.HI/c1-16-10-11-17(19(14-16)27-18-8-6-7-9-18)15-24-20(22-5)23-12-13-28(25,26)21(2,3)4;/h10-11,14,18H,6-9,12-13,15H2,1-5H3,(H2,22,23,24);1H. The molecule has 1 aliphatic carbocycles. The van der Waals surface area contributed by atoms with Crippen molar-refractivity contribution in [1.82, 2.24) is 10.6 Å². The molecule has 1 aromatic rings. The van der Waals surface area contributed by atoms with Crippen LogP contribution >= 0.6 is 24.0 Å². The number of nitrogens with zero attached hydrogens (tertiary/aromatic N) is 1. The van der Waals surface area contributed by atoms with Crippen LogP contribution in [0.25, 0.3) is 0 Å². The molecule has 1 aromatic carbocycles. The monoisotopic (exact) mass is 537 g/mol. The van der Waals surface area contributed by atoms with E-state index in [1.54, 1.807) is 27.8 Å². The van der Waals surface area contributed by atoms with Crippen LogP contribution in [0.1, 0.15) is 57.6 Å². The van der Waals surface area contributed by atoms with Gasteiger partial charge in [0.15, 0.2) is 15.8 Å². The molecular weight excluding hydrogens is 501 g/mol. The van der Waals surface area contributed by atoms with E-state index < -0.39 is 14.6 Å². The third-order valence-electron chi connectivity index (χ3n) is 5.08. The molecule has 29 heavy (non-hydrogen) atoms. The van der Waals surface area contributed by atoms with Crippen LogP contribution in [0.15, 0.2) is 23.2 Å². The van der Waals surface area contributed by atoms with Gasteiger partial charge in [-0.2, -0.15) is 0 Å². The molecule has 0 bridgehead atoms. The Labute approximate surface area is 193 Å². The van der Waals surface area contributed by atoms with Crippen molar-refractivity contribution in [1.29, 1.82) is 0 Å². The van der Waals surface area contributed by atoms with E-state index in [1.807, 2.05) is 0 Å². The number of rotatable bonds is 7.